The highest BCUT2D eigenvalue weighted by atomic mass is 16.5. The second kappa shape index (κ2) is 7.29. The van der Waals surface area contributed by atoms with Gasteiger partial charge in [0.15, 0.2) is 5.82 Å². The highest BCUT2D eigenvalue weighted by Crippen LogP contribution is 2.34. The van der Waals surface area contributed by atoms with Gasteiger partial charge in [-0.3, -0.25) is 4.98 Å². The number of nitrogens with zero attached hydrogens (tertiary/aromatic N) is 3. The molecule has 2 aromatic carbocycles. The van der Waals surface area contributed by atoms with Gasteiger partial charge in [0.05, 0.1) is 31.6 Å². The summed E-state index contributed by atoms with van der Waals surface area (Å²) in [5.41, 5.74) is 3.94. The molecule has 0 bridgehead atoms. The molecule has 0 unspecified atom stereocenters. The summed E-state index contributed by atoms with van der Waals surface area (Å²) >= 11 is 0. The molecule has 0 atom stereocenters. The summed E-state index contributed by atoms with van der Waals surface area (Å²) in [6.07, 6.45) is 3.42. The lowest BCUT2D eigenvalue weighted by Gasteiger charge is -2.15. The summed E-state index contributed by atoms with van der Waals surface area (Å²) in [7, 11) is 3.26. The molecule has 0 aliphatic rings. The van der Waals surface area contributed by atoms with E-state index in [-0.39, 0.29) is 0 Å². The molecule has 0 saturated heterocycles. The monoisotopic (exact) mass is 358 g/mol. The first-order valence-corrected chi connectivity index (χ1v) is 8.44. The number of aromatic nitrogens is 3. The third kappa shape index (κ3) is 3.37. The summed E-state index contributed by atoms with van der Waals surface area (Å²) in [6.45, 7) is 0. The van der Waals surface area contributed by atoms with Crippen LogP contribution in [0.3, 0.4) is 0 Å². The number of rotatable bonds is 5. The van der Waals surface area contributed by atoms with Crippen molar-refractivity contribution in [2.75, 3.05) is 19.5 Å². The molecular formula is C21H18N4O2. The summed E-state index contributed by atoms with van der Waals surface area (Å²) in [4.78, 5) is 13.7. The Morgan fingerprint density at radius 3 is 2.48 bits per heavy atom. The minimum Gasteiger partial charge on any atom is -0.497 e. The van der Waals surface area contributed by atoms with Crippen molar-refractivity contribution in [3.8, 4) is 22.8 Å². The number of anilines is 2. The molecule has 0 fully saturated rings. The minimum atomic E-state index is 0.631. The van der Waals surface area contributed by atoms with Crippen molar-refractivity contribution in [1.82, 2.24) is 15.0 Å². The zero-order chi connectivity index (χ0) is 18.6. The standard InChI is InChI=1S/C21H18N4O2/c1-26-15-8-9-19(27-2)17(12-15)25-21-20(14-6-4-3-5-7-14)23-18-13-22-11-10-16(18)24-21/h3-13H,1-2H3,(H,24,25). The second-order valence-corrected chi connectivity index (χ2v) is 5.84. The Hall–Kier alpha value is -3.67. The topological polar surface area (TPSA) is 69.2 Å². The van der Waals surface area contributed by atoms with E-state index in [2.05, 4.69) is 10.3 Å². The zero-order valence-electron chi connectivity index (χ0n) is 15.0. The number of ether oxygens (including phenoxy) is 2. The molecule has 2 heterocycles. The number of fused-ring (bicyclic) bond motifs is 1. The molecule has 2 aromatic heterocycles. The van der Waals surface area contributed by atoms with E-state index in [0.717, 1.165) is 33.7 Å². The van der Waals surface area contributed by atoms with Crippen LogP contribution in [0.15, 0.2) is 67.0 Å². The second-order valence-electron chi connectivity index (χ2n) is 5.84. The van der Waals surface area contributed by atoms with Crippen molar-refractivity contribution < 1.29 is 9.47 Å². The van der Waals surface area contributed by atoms with Crippen LogP contribution in [0.2, 0.25) is 0 Å². The lowest BCUT2D eigenvalue weighted by molar-refractivity contribution is 0.405. The van der Waals surface area contributed by atoms with E-state index in [1.807, 2.05) is 54.6 Å². The predicted molar refractivity (Wildman–Crippen MR) is 106 cm³/mol. The Kier molecular flexibility index (Phi) is 4.53. The highest BCUT2D eigenvalue weighted by molar-refractivity contribution is 5.85. The van der Waals surface area contributed by atoms with Gasteiger partial charge in [0.1, 0.15) is 22.7 Å². The Morgan fingerprint density at radius 1 is 0.852 bits per heavy atom. The van der Waals surface area contributed by atoms with Crippen LogP contribution in [0.25, 0.3) is 22.3 Å². The van der Waals surface area contributed by atoms with Crippen molar-refractivity contribution in [3.05, 3.63) is 67.0 Å². The van der Waals surface area contributed by atoms with Crippen molar-refractivity contribution in [3.63, 3.8) is 0 Å². The maximum atomic E-state index is 5.47. The van der Waals surface area contributed by atoms with Crippen LogP contribution in [0.4, 0.5) is 11.5 Å². The molecule has 0 radical (unpaired) electrons. The van der Waals surface area contributed by atoms with Gasteiger partial charge in [-0.05, 0) is 18.2 Å². The molecule has 4 aromatic rings. The van der Waals surface area contributed by atoms with E-state index in [9.17, 15) is 0 Å². The van der Waals surface area contributed by atoms with Crippen LogP contribution in [0.5, 0.6) is 11.5 Å². The van der Waals surface area contributed by atoms with E-state index < -0.39 is 0 Å². The fourth-order valence-corrected chi connectivity index (χ4v) is 2.83. The minimum absolute atomic E-state index is 0.631. The van der Waals surface area contributed by atoms with Gasteiger partial charge in [-0.15, -0.1) is 0 Å². The van der Waals surface area contributed by atoms with E-state index in [4.69, 9.17) is 19.4 Å². The Morgan fingerprint density at radius 2 is 1.70 bits per heavy atom. The van der Waals surface area contributed by atoms with Gasteiger partial charge in [-0.2, -0.15) is 0 Å². The van der Waals surface area contributed by atoms with Crippen LogP contribution in [-0.2, 0) is 0 Å². The van der Waals surface area contributed by atoms with Crippen LogP contribution in [0, 0.1) is 0 Å². The molecule has 134 valence electrons. The summed E-state index contributed by atoms with van der Waals surface area (Å²) in [5.74, 6) is 2.04. The zero-order valence-corrected chi connectivity index (χ0v) is 15.0. The van der Waals surface area contributed by atoms with E-state index in [1.54, 1.807) is 26.6 Å². The van der Waals surface area contributed by atoms with Crippen molar-refractivity contribution in [2.24, 2.45) is 0 Å². The molecule has 0 saturated carbocycles. The maximum Gasteiger partial charge on any atom is 0.157 e. The summed E-state index contributed by atoms with van der Waals surface area (Å²) < 4.78 is 10.8. The lowest BCUT2D eigenvalue weighted by Crippen LogP contribution is -2.02. The first kappa shape index (κ1) is 16.8. The number of benzene rings is 2. The number of hydrogen-bond donors (Lipinski definition) is 1. The smallest absolute Gasteiger partial charge is 0.157 e. The van der Waals surface area contributed by atoms with Crippen molar-refractivity contribution in [1.29, 1.82) is 0 Å². The van der Waals surface area contributed by atoms with Gasteiger partial charge in [0, 0.05) is 17.8 Å². The summed E-state index contributed by atoms with van der Waals surface area (Å²) in [5, 5.41) is 3.36. The van der Waals surface area contributed by atoms with Crippen LogP contribution < -0.4 is 14.8 Å². The molecular weight excluding hydrogens is 340 g/mol. The van der Waals surface area contributed by atoms with Crippen LogP contribution in [0.1, 0.15) is 0 Å². The van der Waals surface area contributed by atoms with Gasteiger partial charge in [-0.1, -0.05) is 30.3 Å². The largest absolute Gasteiger partial charge is 0.497 e. The van der Waals surface area contributed by atoms with E-state index in [0.29, 0.717) is 11.6 Å². The maximum absolute atomic E-state index is 5.47. The average molecular weight is 358 g/mol. The fraction of sp³-hybridized carbons (Fsp3) is 0.0952. The predicted octanol–water partition coefficient (Wildman–Crippen LogP) is 4.45. The molecule has 1 N–H and O–H groups in total. The van der Waals surface area contributed by atoms with E-state index >= 15 is 0 Å². The van der Waals surface area contributed by atoms with Gasteiger partial charge in [0.25, 0.3) is 0 Å². The number of hydrogen-bond acceptors (Lipinski definition) is 6. The molecule has 4 rings (SSSR count). The van der Waals surface area contributed by atoms with Gasteiger partial charge >= 0.3 is 0 Å². The Balaban J connectivity index is 1.88. The lowest BCUT2D eigenvalue weighted by atomic mass is 10.1. The Bertz CT molecular complexity index is 1080. The number of nitrogens with one attached hydrogen (secondary N) is 1. The fourth-order valence-electron chi connectivity index (χ4n) is 2.83. The molecule has 6 nitrogen and oxygen atoms in total. The quantitative estimate of drug-likeness (QED) is 0.568. The molecule has 27 heavy (non-hydrogen) atoms. The third-order valence-corrected chi connectivity index (χ3v) is 4.17. The number of pyridine rings is 1. The van der Waals surface area contributed by atoms with Gasteiger partial charge in [0.2, 0.25) is 0 Å². The first-order valence-electron chi connectivity index (χ1n) is 8.44. The molecule has 6 heteroatoms. The third-order valence-electron chi connectivity index (χ3n) is 4.17. The van der Waals surface area contributed by atoms with Crippen LogP contribution in [-0.4, -0.2) is 29.2 Å². The van der Waals surface area contributed by atoms with Crippen molar-refractivity contribution in [2.45, 2.75) is 0 Å². The van der Waals surface area contributed by atoms with Gasteiger partial charge in [-0.25, -0.2) is 9.97 Å². The normalized spacial score (nSPS) is 10.6. The first-order chi connectivity index (χ1) is 13.3. The SMILES string of the molecule is COc1ccc(OC)c(Nc2nc3ccncc3nc2-c2ccccc2)c1. The Labute approximate surface area is 156 Å². The van der Waals surface area contributed by atoms with Crippen LogP contribution >= 0.6 is 0 Å². The summed E-state index contributed by atoms with van der Waals surface area (Å²) in [6, 6.07) is 17.3. The van der Waals surface area contributed by atoms with Crippen molar-refractivity contribution >= 4 is 22.5 Å². The highest BCUT2D eigenvalue weighted by Gasteiger charge is 2.14. The van der Waals surface area contributed by atoms with Gasteiger partial charge < -0.3 is 14.8 Å². The molecule has 0 aliphatic heterocycles. The molecule has 0 amide bonds. The molecule has 0 spiro atoms. The average Bonchev–Trinajstić information content (AvgIpc) is 2.73. The van der Waals surface area contributed by atoms with E-state index in [1.165, 1.54) is 0 Å². The number of methoxy groups -OCH3 is 2. The molecule has 0 aliphatic carbocycles.